The van der Waals surface area contributed by atoms with Crippen molar-refractivity contribution in [1.29, 1.82) is 0 Å². The highest BCUT2D eigenvalue weighted by molar-refractivity contribution is 5.83. The molecule has 0 spiro atoms. The Morgan fingerprint density at radius 1 is 1.40 bits per heavy atom. The van der Waals surface area contributed by atoms with E-state index in [1.54, 1.807) is 17.9 Å². The van der Waals surface area contributed by atoms with Gasteiger partial charge in [-0.25, -0.2) is 0 Å². The van der Waals surface area contributed by atoms with E-state index in [1.807, 2.05) is 51.6 Å². The van der Waals surface area contributed by atoms with Crippen LogP contribution in [0.25, 0.3) is 0 Å². The highest BCUT2D eigenvalue weighted by atomic mass is 16.5. The molecule has 1 amide bonds. The fourth-order valence-corrected chi connectivity index (χ4v) is 2.42. The predicted octanol–water partition coefficient (Wildman–Crippen LogP) is 0.937. The maximum absolute atomic E-state index is 12.4. The van der Waals surface area contributed by atoms with Crippen LogP contribution in [0, 0.1) is 0 Å². The van der Waals surface area contributed by atoms with Gasteiger partial charge in [-0.2, -0.15) is 5.10 Å². The minimum Gasteiger partial charge on any atom is -0.492 e. The van der Waals surface area contributed by atoms with Gasteiger partial charge in [0.25, 0.3) is 0 Å². The molecule has 1 unspecified atom stereocenters. The lowest BCUT2D eigenvalue weighted by atomic mass is 10.1. The van der Waals surface area contributed by atoms with Crippen LogP contribution in [0.3, 0.4) is 0 Å². The Balaban J connectivity index is 1.90. The second-order valence-corrected chi connectivity index (χ2v) is 6.19. The maximum atomic E-state index is 12.4. The fourth-order valence-electron chi connectivity index (χ4n) is 2.42. The number of nitrogens with one attached hydrogen (secondary N) is 2. The first-order valence-electron chi connectivity index (χ1n) is 8.29. The van der Waals surface area contributed by atoms with Crippen LogP contribution in [0.5, 0.6) is 5.75 Å². The molecule has 25 heavy (non-hydrogen) atoms. The van der Waals surface area contributed by atoms with Crippen molar-refractivity contribution in [2.24, 2.45) is 7.05 Å². The van der Waals surface area contributed by atoms with Crippen molar-refractivity contribution in [1.82, 2.24) is 25.3 Å². The number of hydrogen-bond donors (Lipinski definition) is 2. The number of benzene rings is 1. The van der Waals surface area contributed by atoms with Crippen LogP contribution in [-0.2, 0) is 18.4 Å². The molecule has 0 saturated carbocycles. The molecule has 2 N–H and O–H groups in total. The summed E-state index contributed by atoms with van der Waals surface area (Å²) in [6.45, 7) is 1.93. The second kappa shape index (κ2) is 9.19. The average Bonchev–Trinajstić information content (AvgIpc) is 3.00. The minimum absolute atomic E-state index is 0.0885. The zero-order chi connectivity index (χ0) is 18.2. The number of aromatic nitrogens is 2. The lowest BCUT2D eigenvalue weighted by molar-refractivity contribution is -0.123. The quantitative estimate of drug-likeness (QED) is 0.708. The first-order chi connectivity index (χ1) is 12.0. The van der Waals surface area contributed by atoms with E-state index in [9.17, 15) is 4.79 Å². The summed E-state index contributed by atoms with van der Waals surface area (Å²) in [6.07, 6.45) is 3.53. The molecule has 2 rings (SSSR count). The summed E-state index contributed by atoms with van der Waals surface area (Å²) in [6, 6.07) is 7.36. The lowest BCUT2D eigenvalue weighted by Crippen LogP contribution is -2.35. The molecule has 0 aliphatic rings. The van der Waals surface area contributed by atoms with Crippen molar-refractivity contribution < 1.29 is 9.53 Å². The van der Waals surface area contributed by atoms with Gasteiger partial charge < -0.3 is 20.3 Å². The summed E-state index contributed by atoms with van der Waals surface area (Å²) >= 11 is 0. The Labute approximate surface area is 149 Å². The lowest BCUT2D eigenvalue weighted by Gasteiger charge is -2.15. The molecule has 0 aliphatic heterocycles. The fraction of sp³-hybridized carbons (Fsp3) is 0.444. The van der Waals surface area contributed by atoms with Crippen LogP contribution in [-0.4, -0.2) is 54.9 Å². The van der Waals surface area contributed by atoms with Crippen molar-refractivity contribution in [2.45, 2.75) is 12.6 Å². The van der Waals surface area contributed by atoms with Crippen molar-refractivity contribution in [3.8, 4) is 5.75 Å². The Kier molecular flexibility index (Phi) is 6.97. The molecule has 1 aromatic carbocycles. The van der Waals surface area contributed by atoms with Gasteiger partial charge in [-0.3, -0.25) is 9.48 Å². The molecule has 1 aromatic heterocycles. The van der Waals surface area contributed by atoms with E-state index in [2.05, 4.69) is 20.6 Å². The molecule has 1 heterocycles. The number of carbonyl (C=O) groups excluding carboxylic acids is 1. The van der Waals surface area contributed by atoms with E-state index in [0.717, 1.165) is 23.4 Å². The molecule has 0 aliphatic carbocycles. The summed E-state index contributed by atoms with van der Waals surface area (Å²) in [7, 11) is 7.61. The van der Waals surface area contributed by atoms with Crippen LogP contribution < -0.4 is 15.4 Å². The van der Waals surface area contributed by atoms with Crippen LogP contribution in [0.2, 0.25) is 0 Å². The number of amides is 1. The summed E-state index contributed by atoms with van der Waals surface area (Å²) in [4.78, 5) is 14.5. The summed E-state index contributed by atoms with van der Waals surface area (Å²) in [5.74, 6) is 0.723. The van der Waals surface area contributed by atoms with Crippen LogP contribution in [0.1, 0.15) is 17.2 Å². The van der Waals surface area contributed by atoms with Gasteiger partial charge in [0.05, 0.1) is 6.20 Å². The zero-order valence-electron chi connectivity index (χ0n) is 15.3. The minimum atomic E-state index is -0.423. The normalized spacial score (nSPS) is 12.2. The third-order valence-corrected chi connectivity index (χ3v) is 3.78. The molecular formula is C18H27N5O2. The van der Waals surface area contributed by atoms with E-state index < -0.39 is 6.04 Å². The number of hydrogen-bond acceptors (Lipinski definition) is 5. The van der Waals surface area contributed by atoms with Gasteiger partial charge in [0, 0.05) is 31.9 Å². The molecular weight excluding hydrogens is 318 g/mol. The van der Waals surface area contributed by atoms with Crippen LogP contribution in [0.15, 0.2) is 36.7 Å². The molecule has 136 valence electrons. The third kappa shape index (κ3) is 5.88. The van der Waals surface area contributed by atoms with E-state index >= 15 is 0 Å². The van der Waals surface area contributed by atoms with Gasteiger partial charge in [-0.15, -0.1) is 0 Å². The first kappa shape index (κ1) is 19.0. The first-order valence-corrected chi connectivity index (χ1v) is 8.29. The number of ether oxygens (including phenoxy) is 1. The van der Waals surface area contributed by atoms with Crippen molar-refractivity contribution in [3.05, 3.63) is 47.8 Å². The number of nitrogens with zero attached hydrogens (tertiary/aromatic N) is 3. The smallest absolute Gasteiger partial charge is 0.242 e. The highest BCUT2D eigenvalue weighted by Crippen LogP contribution is 2.15. The summed E-state index contributed by atoms with van der Waals surface area (Å²) in [5, 5.41) is 10.1. The molecule has 1 atom stereocenters. The van der Waals surface area contributed by atoms with Crippen molar-refractivity contribution in [3.63, 3.8) is 0 Å². The molecule has 0 radical (unpaired) electrons. The largest absolute Gasteiger partial charge is 0.492 e. The number of aryl methyl sites for hydroxylation is 1. The molecule has 0 fully saturated rings. The van der Waals surface area contributed by atoms with Gasteiger partial charge in [-0.1, -0.05) is 12.1 Å². The Morgan fingerprint density at radius 3 is 2.84 bits per heavy atom. The summed E-state index contributed by atoms with van der Waals surface area (Å²) < 4.78 is 7.41. The average molecular weight is 345 g/mol. The number of likely N-dealkylation sites (N-methyl/N-ethyl adjacent to an activating group) is 2. The molecule has 2 aromatic rings. The van der Waals surface area contributed by atoms with E-state index in [0.29, 0.717) is 13.2 Å². The predicted molar refractivity (Wildman–Crippen MR) is 97.3 cm³/mol. The van der Waals surface area contributed by atoms with Crippen LogP contribution >= 0.6 is 0 Å². The molecule has 0 bridgehead atoms. The Bertz CT molecular complexity index is 684. The van der Waals surface area contributed by atoms with Gasteiger partial charge in [0.2, 0.25) is 5.91 Å². The number of carbonyl (C=O) groups is 1. The van der Waals surface area contributed by atoms with Crippen LogP contribution in [0.4, 0.5) is 0 Å². The Morgan fingerprint density at radius 2 is 2.20 bits per heavy atom. The second-order valence-electron chi connectivity index (χ2n) is 6.19. The maximum Gasteiger partial charge on any atom is 0.242 e. The highest BCUT2D eigenvalue weighted by Gasteiger charge is 2.19. The van der Waals surface area contributed by atoms with Gasteiger partial charge in [0.1, 0.15) is 18.4 Å². The van der Waals surface area contributed by atoms with Crippen molar-refractivity contribution in [2.75, 3.05) is 34.3 Å². The topological polar surface area (TPSA) is 71.4 Å². The third-order valence-electron chi connectivity index (χ3n) is 3.78. The van der Waals surface area contributed by atoms with Crippen molar-refractivity contribution >= 4 is 5.91 Å². The Hall–Kier alpha value is -2.38. The van der Waals surface area contributed by atoms with E-state index in [-0.39, 0.29) is 5.91 Å². The number of rotatable bonds is 9. The van der Waals surface area contributed by atoms with E-state index in [1.165, 1.54) is 0 Å². The standard InChI is InChI=1S/C18H27N5O2/c1-19-17(15-12-21-23(4)13-15)18(24)20-11-14-6-5-7-16(10-14)25-9-8-22(2)3/h5-7,10,12-13,17,19H,8-9,11H2,1-4H3,(H,20,24). The molecule has 0 saturated heterocycles. The molecule has 7 nitrogen and oxygen atoms in total. The van der Waals surface area contributed by atoms with Gasteiger partial charge in [0.15, 0.2) is 0 Å². The summed E-state index contributed by atoms with van der Waals surface area (Å²) in [5.41, 5.74) is 1.83. The SMILES string of the molecule is CNC(C(=O)NCc1cccc(OCCN(C)C)c1)c1cnn(C)c1. The van der Waals surface area contributed by atoms with Gasteiger partial charge in [-0.05, 0) is 38.8 Å². The molecule has 7 heteroatoms. The van der Waals surface area contributed by atoms with Gasteiger partial charge >= 0.3 is 0 Å². The van der Waals surface area contributed by atoms with E-state index in [4.69, 9.17) is 4.74 Å². The zero-order valence-corrected chi connectivity index (χ0v) is 15.3. The monoisotopic (exact) mass is 345 g/mol.